The Balaban J connectivity index is 2.42. The van der Waals surface area contributed by atoms with Crippen molar-refractivity contribution in [1.29, 1.82) is 0 Å². The summed E-state index contributed by atoms with van der Waals surface area (Å²) in [6, 6.07) is 10.3. The number of phenols is 2. The Labute approximate surface area is 118 Å². The van der Waals surface area contributed by atoms with Crippen LogP contribution in [0.4, 0.5) is 13.2 Å². The van der Waals surface area contributed by atoms with Gasteiger partial charge in [0, 0.05) is 12.5 Å². The van der Waals surface area contributed by atoms with Gasteiger partial charge in [-0.25, -0.2) is 0 Å². The Hall–Kier alpha value is -2.50. The van der Waals surface area contributed by atoms with Gasteiger partial charge in [0.25, 0.3) is 5.78 Å². The predicted molar refractivity (Wildman–Crippen MR) is 69.4 cm³/mol. The fourth-order valence-electron chi connectivity index (χ4n) is 1.91. The quantitative estimate of drug-likeness (QED) is 0.853. The summed E-state index contributed by atoms with van der Waals surface area (Å²) in [5, 5.41) is 19.1. The van der Waals surface area contributed by atoms with Gasteiger partial charge in [0.05, 0.1) is 5.56 Å². The van der Waals surface area contributed by atoms with Crippen molar-refractivity contribution in [2.75, 3.05) is 0 Å². The molecule has 0 atom stereocenters. The van der Waals surface area contributed by atoms with Gasteiger partial charge in [-0.05, 0) is 17.2 Å². The number of Topliss-reactive ketones (excluding diaryl/α,β-unsaturated/α-hetero) is 1. The maximum Gasteiger partial charge on any atom is 0.455 e. The Bertz CT molecular complexity index is 664. The van der Waals surface area contributed by atoms with Gasteiger partial charge in [-0.2, -0.15) is 13.2 Å². The predicted octanol–water partition coefficient (Wildman–Crippen LogP) is 3.43. The van der Waals surface area contributed by atoms with Crippen molar-refractivity contribution >= 4 is 5.78 Å². The number of alkyl halides is 3. The van der Waals surface area contributed by atoms with Crippen molar-refractivity contribution in [2.24, 2.45) is 0 Å². The maximum atomic E-state index is 12.5. The first-order chi connectivity index (χ1) is 9.79. The number of ketones is 1. The number of carbonyl (C=O) groups is 1. The van der Waals surface area contributed by atoms with E-state index in [2.05, 4.69) is 0 Å². The molecule has 0 radical (unpaired) electrons. The monoisotopic (exact) mass is 296 g/mol. The smallest absolute Gasteiger partial charge is 0.455 e. The summed E-state index contributed by atoms with van der Waals surface area (Å²) in [5.41, 5.74) is 0.0155. The topological polar surface area (TPSA) is 57.5 Å². The van der Waals surface area contributed by atoms with Crippen LogP contribution in [-0.4, -0.2) is 22.2 Å². The average Bonchev–Trinajstić information content (AvgIpc) is 2.41. The molecule has 0 aliphatic carbocycles. The molecule has 0 saturated carbocycles. The van der Waals surface area contributed by atoms with Gasteiger partial charge < -0.3 is 10.2 Å². The summed E-state index contributed by atoms with van der Waals surface area (Å²) in [5.74, 6) is -3.41. The largest absolute Gasteiger partial charge is 0.508 e. The Morgan fingerprint density at radius 3 is 2.19 bits per heavy atom. The van der Waals surface area contributed by atoms with Crippen LogP contribution < -0.4 is 0 Å². The molecule has 0 aliphatic rings. The molecule has 110 valence electrons. The van der Waals surface area contributed by atoms with Gasteiger partial charge >= 0.3 is 6.18 Å². The fourth-order valence-corrected chi connectivity index (χ4v) is 1.91. The number of carbonyl (C=O) groups excluding carboxylic acids is 1. The third kappa shape index (κ3) is 3.34. The van der Waals surface area contributed by atoms with Crippen LogP contribution in [0, 0.1) is 0 Å². The van der Waals surface area contributed by atoms with Crippen LogP contribution in [0.15, 0.2) is 42.5 Å². The summed E-state index contributed by atoms with van der Waals surface area (Å²) in [6.07, 6.45) is -4.94. The second kappa shape index (κ2) is 5.47. The van der Waals surface area contributed by atoms with Gasteiger partial charge in [-0.3, -0.25) is 4.79 Å². The van der Waals surface area contributed by atoms with Crippen molar-refractivity contribution in [3.63, 3.8) is 0 Å². The number of benzene rings is 2. The Morgan fingerprint density at radius 2 is 1.62 bits per heavy atom. The standard InChI is InChI=1S/C15H11F3O3/c16-15(17,18)14(21)11-7-10(12(19)8-13(11)20)6-9-4-2-1-3-5-9/h1-5,7-8,19-20H,6H2. The van der Waals surface area contributed by atoms with Crippen LogP contribution in [0.3, 0.4) is 0 Å². The van der Waals surface area contributed by atoms with Crippen LogP contribution >= 0.6 is 0 Å². The molecular weight excluding hydrogens is 285 g/mol. The molecule has 21 heavy (non-hydrogen) atoms. The van der Waals surface area contributed by atoms with E-state index in [-0.39, 0.29) is 17.7 Å². The van der Waals surface area contributed by atoms with Crippen molar-refractivity contribution in [1.82, 2.24) is 0 Å². The molecular formula is C15H11F3O3. The summed E-state index contributed by atoms with van der Waals surface area (Å²) in [4.78, 5) is 11.2. The summed E-state index contributed by atoms with van der Waals surface area (Å²) in [6.45, 7) is 0. The van der Waals surface area contributed by atoms with Crippen LogP contribution in [0.25, 0.3) is 0 Å². The highest BCUT2D eigenvalue weighted by Gasteiger charge is 2.41. The van der Waals surface area contributed by atoms with E-state index >= 15 is 0 Å². The molecule has 0 unspecified atom stereocenters. The Kier molecular flexibility index (Phi) is 3.88. The molecule has 0 amide bonds. The zero-order valence-corrected chi connectivity index (χ0v) is 10.7. The number of aromatic hydroxyl groups is 2. The van der Waals surface area contributed by atoms with Crippen molar-refractivity contribution in [3.8, 4) is 11.5 Å². The van der Waals surface area contributed by atoms with Crippen molar-refractivity contribution in [3.05, 3.63) is 59.2 Å². The number of hydrogen-bond acceptors (Lipinski definition) is 3. The second-order valence-corrected chi connectivity index (χ2v) is 4.49. The van der Waals surface area contributed by atoms with Crippen LogP contribution in [0.5, 0.6) is 11.5 Å². The molecule has 3 nitrogen and oxygen atoms in total. The Morgan fingerprint density at radius 1 is 1.00 bits per heavy atom. The molecule has 0 saturated heterocycles. The lowest BCUT2D eigenvalue weighted by molar-refractivity contribution is -0.0886. The molecule has 2 rings (SSSR count). The van der Waals surface area contributed by atoms with E-state index in [0.717, 1.165) is 17.7 Å². The van der Waals surface area contributed by atoms with Gasteiger partial charge in [0.2, 0.25) is 0 Å². The molecule has 0 aliphatic heterocycles. The van der Waals surface area contributed by atoms with E-state index in [9.17, 15) is 28.2 Å². The first kappa shape index (κ1) is 14.9. The zero-order chi connectivity index (χ0) is 15.6. The van der Waals surface area contributed by atoms with E-state index in [1.165, 1.54) is 0 Å². The van der Waals surface area contributed by atoms with Gasteiger partial charge in [-0.15, -0.1) is 0 Å². The highest BCUT2D eigenvalue weighted by atomic mass is 19.4. The highest BCUT2D eigenvalue weighted by Crippen LogP contribution is 2.33. The molecule has 0 heterocycles. The van der Waals surface area contributed by atoms with Crippen molar-refractivity contribution in [2.45, 2.75) is 12.6 Å². The van der Waals surface area contributed by atoms with E-state index < -0.39 is 23.3 Å². The zero-order valence-electron chi connectivity index (χ0n) is 10.7. The first-order valence-corrected chi connectivity index (χ1v) is 5.99. The van der Waals surface area contributed by atoms with E-state index in [1.54, 1.807) is 30.3 Å². The summed E-state index contributed by atoms with van der Waals surface area (Å²) >= 11 is 0. The molecule has 0 fully saturated rings. The lowest BCUT2D eigenvalue weighted by Gasteiger charge is -2.11. The van der Waals surface area contributed by atoms with E-state index in [0.29, 0.717) is 0 Å². The maximum absolute atomic E-state index is 12.5. The van der Waals surface area contributed by atoms with E-state index in [1.807, 2.05) is 0 Å². The third-order valence-corrected chi connectivity index (χ3v) is 2.94. The molecule has 6 heteroatoms. The summed E-state index contributed by atoms with van der Waals surface area (Å²) in [7, 11) is 0. The average molecular weight is 296 g/mol. The minimum atomic E-state index is -5.08. The SMILES string of the molecule is O=C(c1cc(Cc2ccccc2)c(O)cc1O)C(F)(F)F. The summed E-state index contributed by atoms with van der Waals surface area (Å²) < 4.78 is 37.4. The van der Waals surface area contributed by atoms with E-state index in [4.69, 9.17) is 0 Å². The normalized spacial score (nSPS) is 11.4. The minimum Gasteiger partial charge on any atom is -0.508 e. The molecule has 2 N–H and O–H groups in total. The molecule has 0 spiro atoms. The number of phenolic OH excluding ortho intramolecular Hbond substituents is 2. The lowest BCUT2D eigenvalue weighted by Crippen LogP contribution is -2.23. The van der Waals surface area contributed by atoms with Crippen LogP contribution in [-0.2, 0) is 6.42 Å². The van der Waals surface area contributed by atoms with Crippen LogP contribution in [0.2, 0.25) is 0 Å². The minimum absolute atomic E-state index is 0.131. The molecule has 0 bridgehead atoms. The number of rotatable bonds is 3. The second-order valence-electron chi connectivity index (χ2n) is 4.49. The number of halogens is 3. The van der Waals surface area contributed by atoms with Gasteiger partial charge in [0.1, 0.15) is 11.5 Å². The lowest BCUT2D eigenvalue weighted by atomic mass is 9.99. The van der Waals surface area contributed by atoms with Gasteiger partial charge in [-0.1, -0.05) is 30.3 Å². The molecule has 2 aromatic carbocycles. The van der Waals surface area contributed by atoms with Crippen molar-refractivity contribution < 1.29 is 28.2 Å². The third-order valence-electron chi connectivity index (χ3n) is 2.94. The number of hydrogen-bond donors (Lipinski definition) is 2. The first-order valence-electron chi connectivity index (χ1n) is 5.99. The molecule has 2 aromatic rings. The molecule has 0 aromatic heterocycles. The van der Waals surface area contributed by atoms with Crippen LogP contribution in [0.1, 0.15) is 21.5 Å². The highest BCUT2D eigenvalue weighted by molar-refractivity contribution is 6.02. The van der Waals surface area contributed by atoms with Gasteiger partial charge in [0.15, 0.2) is 0 Å². The fraction of sp³-hybridized carbons (Fsp3) is 0.133.